The number of rotatable bonds is 6. The first kappa shape index (κ1) is 19.9. The minimum absolute atomic E-state index is 0.0548. The molecule has 3 aromatic rings. The van der Waals surface area contributed by atoms with Crippen molar-refractivity contribution < 1.29 is 9.18 Å². The molecular weight excluding hydrogens is 393 g/mol. The number of hydrogen-bond acceptors (Lipinski definition) is 4. The fraction of sp³-hybridized carbons (Fsp3) is 0.375. The standard InChI is InChI=1S/C24H26FN5O/c25-20-8-6-18(7-9-20)23-16-30(28-27-23)14-21-12-19-10-11-29(21)15-22(19)24(31)26-13-17-4-2-1-3-5-17/h1-9,16,19,21-22H,10-15H2,(H,26,31)/t19-,21+,22+/m0/s1. The number of benzene rings is 2. The number of halogens is 1. The maximum Gasteiger partial charge on any atom is 0.224 e. The molecule has 6 nitrogen and oxygen atoms in total. The van der Waals surface area contributed by atoms with Crippen LogP contribution >= 0.6 is 0 Å². The Balaban J connectivity index is 1.18. The van der Waals surface area contributed by atoms with Crippen LogP contribution in [0.15, 0.2) is 60.8 Å². The molecule has 0 radical (unpaired) electrons. The number of piperidine rings is 3. The molecule has 4 heterocycles. The van der Waals surface area contributed by atoms with E-state index in [-0.39, 0.29) is 17.6 Å². The lowest BCUT2D eigenvalue weighted by molar-refractivity contribution is -0.133. The van der Waals surface area contributed by atoms with E-state index in [2.05, 4.69) is 20.5 Å². The molecule has 0 saturated carbocycles. The van der Waals surface area contributed by atoms with Crippen molar-refractivity contribution in [2.75, 3.05) is 13.1 Å². The Kier molecular flexibility index (Phi) is 5.51. The lowest BCUT2D eigenvalue weighted by Crippen LogP contribution is -2.57. The van der Waals surface area contributed by atoms with Crippen LogP contribution < -0.4 is 5.32 Å². The van der Waals surface area contributed by atoms with Crippen molar-refractivity contribution >= 4 is 5.91 Å². The fourth-order valence-electron chi connectivity index (χ4n) is 4.90. The topological polar surface area (TPSA) is 63.1 Å². The van der Waals surface area contributed by atoms with E-state index < -0.39 is 0 Å². The predicted octanol–water partition coefficient (Wildman–Crippen LogP) is 3.11. The van der Waals surface area contributed by atoms with Crippen LogP contribution in [0.5, 0.6) is 0 Å². The monoisotopic (exact) mass is 419 g/mol. The van der Waals surface area contributed by atoms with Crippen molar-refractivity contribution in [3.63, 3.8) is 0 Å². The zero-order valence-corrected chi connectivity index (χ0v) is 17.3. The van der Waals surface area contributed by atoms with Crippen LogP contribution in [0.4, 0.5) is 4.39 Å². The first-order chi connectivity index (χ1) is 15.2. The second-order valence-electron chi connectivity index (χ2n) is 8.58. The highest BCUT2D eigenvalue weighted by Gasteiger charge is 2.43. The maximum absolute atomic E-state index is 13.2. The summed E-state index contributed by atoms with van der Waals surface area (Å²) < 4.78 is 15.0. The third-order valence-electron chi connectivity index (χ3n) is 6.60. The third-order valence-corrected chi connectivity index (χ3v) is 6.60. The van der Waals surface area contributed by atoms with Gasteiger partial charge in [0.1, 0.15) is 11.5 Å². The van der Waals surface area contributed by atoms with Gasteiger partial charge in [0.2, 0.25) is 5.91 Å². The number of carbonyl (C=O) groups is 1. The van der Waals surface area contributed by atoms with Crippen molar-refractivity contribution in [1.82, 2.24) is 25.2 Å². The van der Waals surface area contributed by atoms with E-state index in [0.717, 1.165) is 49.3 Å². The molecule has 1 unspecified atom stereocenters. The predicted molar refractivity (Wildman–Crippen MR) is 115 cm³/mol. The van der Waals surface area contributed by atoms with Crippen LogP contribution in [0, 0.1) is 17.7 Å². The fourth-order valence-corrected chi connectivity index (χ4v) is 4.90. The van der Waals surface area contributed by atoms with E-state index in [1.807, 2.05) is 41.2 Å². The molecule has 1 N–H and O–H groups in total. The molecule has 2 aromatic carbocycles. The summed E-state index contributed by atoms with van der Waals surface area (Å²) in [6, 6.07) is 16.7. The largest absolute Gasteiger partial charge is 0.352 e. The van der Waals surface area contributed by atoms with Crippen molar-refractivity contribution in [2.24, 2.45) is 11.8 Å². The molecule has 3 fully saturated rings. The average molecular weight is 420 g/mol. The van der Waals surface area contributed by atoms with Crippen LogP contribution in [0.1, 0.15) is 18.4 Å². The summed E-state index contributed by atoms with van der Waals surface area (Å²) in [5.74, 6) is 0.367. The summed E-state index contributed by atoms with van der Waals surface area (Å²) >= 11 is 0. The summed E-state index contributed by atoms with van der Waals surface area (Å²) in [5, 5.41) is 11.6. The first-order valence-corrected chi connectivity index (χ1v) is 10.9. The molecule has 31 heavy (non-hydrogen) atoms. The molecule has 6 rings (SSSR count). The Hall–Kier alpha value is -3.06. The first-order valence-electron chi connectivity index (χ1n) is 10.9. The van der Waals surface area contributed by atoms with Gasteiger partial charge < -0.3 is 5.32 Å². The smallest absolute Gasteiger partial charge is 0.224 e. The van der Waals surface area contributed by atoms with Crippen molar-refractivity contribution in [3.8, 4) is 11.3 Å². The van der Waals surface area contributed by atoms with Gasteiger partial charge in [0, 0.05) is 24.7 Å². The van der Waals surface area contributed by atoms with Gasteiger partial charge in [0.15, 0.2) is 0 Å². The highest BCUT2D eigenvalue weighted by atomic mass is 19.1. The second-order valence-corrected chi connectivity index (χ2v) is 8.58. The average Bonchev–Trinajstić information content (AvgIpc) is 3.27. The third kappa shape index (κ3) is 4.37. The lowest BCUT2D eigenvalue weighted by Gasteiger charge is -2.49. The summed E-state index contributed by atoms with van der Waals surface area (Å²) in [4.78, 5) is 15.2. The summed E-state index contributed by atoms with van der Waals surface area (Å²) in [6.45, 7) is 3.16. The second kappa shape index (κ2) is 8.59. The molecule has 7 heteroatoms. The minimum Gasteiger partial charge on any atom is -0.352 e. The number of nitrogens with one attached hydrogen (secondary N) is 1. The van der Waals surface area contributed by atoms with Gasteiger partial charge in [-0.3, -0.25) is 14.4 Å². The lowest BCUT2D eigenvalue weighted by atomic mass is 9.75. The Morgan fingerprint density at radius 3 is 2.68 bits per heavy atom. The van der Waals surface area contributed by atoms with E-state index in [1.54, 1.807) is 12.1 Å². The van der Waals surface area contributed by atoms with Gasteiger partial charge in [0.05, 0.1) is 18.7 Å². The number of hydrogen-bond donors (Lipinski definition) is 1. The highest BCUT2D eigenvalue weighted by molar-refractivity contribution is 5.79. The summed E-state index contributed by atoms with van der Waals surface area (Å²) in [5.41, 5.74) is 2.72. The molecule has 0 spiro atoms. The van der Waals surface area contributed by atoms with Crippen molar-refractivity contribution in [3.05, 3.63) is 72.2 Å². The van der Waals surface area contributed by atoms with Crippen molar-refractivity contribution in [1.29, 1.82) is 0 Å². The zero-order chi connectivity index (χ0) is 21.2. The van der Waals surface area contributed by atoms with E-state index in [9.17, 15) is 9.18 Å². The zero-order valence-electron chi connectivity index (χ0n) is 17.3. The molecule has 1 aromatic heterocycles. The molecular formula is C24H26FN5O. The van der Waals surface area contributed by atoms with E-state index in [1.165, 1.54) is 12.1 Å². The number of amides is 1. The molecule has 2 bridgehead atoms. The van der Waals surface area contributed by atoms with Crippen LogP contribution in [-0.4, -0.2) is 44.9 Å². The van der Waals surface area contributed by atoms with E-state index >= 15 is 0 Å². The van der Waals surface area contributed by atoms with Gasteiger partial charge in [0.25, 0.3) is 0 Å². The number of aromatic nitrogens is 3. The molecule has 4 atom stereocenters. The minimum atomic E-state index is -0.260. The Labute approximate surface area is 181 Å². The number of nitrogens with zero attached hydrogens (tertiary/aromatic N) is 4. The Morgan fingerprint density at radius 1 is 1.13 bits per heavy atom. The number of fused-ring (bicyclic) bond motifs is 3. The van der Waals surface area contributed by atoms with Gasteiger partial charge in [-0.05, 0) is 55.1 Å². The molecule has 3 aliphatic rings. The highest BCUT2D eigenvalue weighted by Crippen LogP contribution is 2.37. The van der Waals surface area contributed by atoms with Gasteiger partial charge >= 0.3 is 0 Å². The summed E-state index contributed by atoms with van der Waals surface area (Å²) in [7, 11) is 0. The Morgan fingerprint density at radius 2 is 1.94 bits per heavy atom. The van der Waals surface area contributed by atoms with Crippen LogP contribution in [0.3, 0.4) is 0 Å². The van der Waals surface area contributed by atoms with Gasteiger partial charge in [-0.2, -0.15) is 0 Å². The molecule has 0 aliphatic carbocycles. The number of carbonyl (C=O) groups excluding carboxylic acids is 1. The molecule has 3 aliphatic heterocycles. The van der Waals surface area contributed by atoms with E-state index in [0.29, 0.717) is 18.5 Å². The molecule has 3 saturated heterocycles. The maximum atomic E-state index is 13.2. The van der Waals surface area contributed by atoms with Crippen LogP contribution in [-0.2, 0) is 17.9 Å². The quantitative estimate of drug-likeness (QED) is 0.667. The van der Waals surface area contributed by atoms with Gasteiger partial charge in [-0.25, -0.2) is 4.39 Å². The molecule has 1 amide bonds. The van der Waals surface area contributed by atoms with Gasteiger partial charge in [-0.15, -0.1) is 5.10 Å². The van der Waals surface area contributed by atoms with Gasteiger partial charge in [-0.1, -0.05) is 35.5 Å². The normalized spacial score (nSPS) is 24.8. The Bertz CT molecular complexity index is 1040. The van der Waals surface area contributed by atoms with E-state index in [4.69, 9.17) is 0 Å². The van der Waals surface area contributed by atoms with Crippen LogP contribution in [0.25, 0.3) is 11.3 Å². The SMILES string of the molecule is O=C(NCc1ccccc1)[C@@H]1CN2CC[C@H]1C[C@@H]2Cn1cc(-c2ccc(F)cc2)nn1. The van der Waals surface area contributed by atoms with Crippen LogP contribution in [0.2, 0.25) is 0 Å². The summed E-state index contributed by atoms with van der Waals surface area (Å²) in [6.07, 6.45) is 3.98. The molecule has 160 valence electrons. The van der Waals surface area contributed by atoms with Crippen molar-refractivity contribution in [2.45, 2.75) is 32.0 Å².